The molecule has 32 heavy (non-hydrogen) atoms. The van der Waals surface area contributed by atoms with E-state index in [-0.39, 0.29) is 16.8 Å². The van der Waals surface area contributed by atoms with E-state index in [9.17, 15) is 18.0 Å². The molecule has 3 rings (SSSR count). The predicted molar refractivity (Wildman–Crippen MR) is 119 cm³/mol. The van der Waals surface area contributed by atoms with Crippen LogP contribution in [0, 0.1) is 6.92 Å². The van der Waals surface area contributed by atoms with Crippen LogP contribution < -0.4 is 20.9 Å². The van der Waals surface area contributed by atoms with Crippen LogP contribution in [0.5, 0.6) is 0 Å². The highest BCUT2D eigenvalue weighted by Crippen LogP contribution is 2.42. The van der Waals surface area contributed by atoms with Gasteiger partial charge in [0.25, 0.3) is 0 Å². The molecule has 1 aliphatic carbocycles. The van der Waals surface area contributed by atoms with Crippen LogP contribution in [0.15, 0.2) is 24.4 Å². The van der Waals surface area contributed by atoms with Gasteiger partial charge in [0, 0.05) is 37.9 Å². The van der Waals surface area contributed by atoms with Gasteiger partial charge in [-0.2, -0.15) is 18.2 Å². The van der Waals surface area contributed by atoms with Crippen molar-refractivity contribution < 1.29 is 18.0 Å². The maximum Gasteiger partial charge on any atom is 0.418 e. The van der Waals surface area contributed by atoms with Crippen LogP contribution in [0.25, 0.3) is 0 Å². The van der Waals surface area contributed by atoms with E-state index in [1.807, 2.05) is 25.9 Å². The number of nitrogens with two attached hydrogens (primary N) is 1. The van der Waals surface area contributed by atoms with Gasteiger partial charge in [-0.1, -0.05) is 17.7 Å². The van der Waals surface area contributed by atoms with Crippen LogP contribution in [0.4, 0.5) is 35.4 Å². The SMILES string of the molecule is Cc1cnc(NC2CCC(N(C(N)=O)c3c(Cl)cccc3C(F)(F)F)CC2)nc1N(C)C. The molecule has 0 saturated heterocycles. The van der Waals surface area contributed by atoms with E-state index in [2.05, 4.69) is 15.3 Å². The normalized spacial score (nSPS) is 18.8. The van der Waals surface area contributed by atoms with Gasteiger partial charge in [-0.3, -0.25) is 4.90 Å². The summed E-state index contributed by atoms with van der Waals surface area (Å²) in [6.45, 7) is 1.92. The highest BCUT2D eigenvalue weighted by molar-refractivity contribution is 6.34. The second-order valence-electron chi connectivity index (χ2n) is 8.09. The largest absolute Gasteiger partial charge is 0.418 e. The maximum absolute atomic E-state index is 13.6. The van der Waals surface area contributed by atoms with E-state index in [0.29, 0.717) is 31.6 Å². The third kappa shape index (κ3) is 5.17. The summed E-state index contributed by atoms with van der Waals surface area (Å²) in [5.74, 6) is 1.29. The first kappa shape index (κ1) is 23.9. The number of urea groups is 1. The molecule has 2 aromatic rings. The van der Waals surface area contributed by atoms with Gasteiger partial charge in [0.15, 0.2) is 0 Å². The van der Waals surface area contributed by atoms with E-state index >= 15 is 0 Å². The zero-order valence-corrected chi connectivity index (χ0v) is 18.8. The Morgan fingerprint density at radius 3 is 2.44 bits per heavy atom. The monoisotopic (exact) mass is 470 g/mol. The highest BCUT2D eigenvalue weighted by Gasteiger charge is 2.39. The van der Waals surface area contributed by atoms with Crippen LogP contribution >= 0.6 is 11.6 Å². The van der Waals surface area contributed by atoms with Gasteiger partial charge in [-0.15, -0.1) is 0 Å². The van der Waals surface area contributed by atoms with Crippen LogP contribution in [0.1, 0.15) is 36.8 Å². The maximum atomic E-state index is 13.6. The summed E-state index contributed by atoms with van der Waals surface area (Å²) in [5, 5.41) is 3.13. The number of hydrogen-bond donors (Lipinski definition) is 2. The summed E-state index contributed by atoms with van der Waals surface area (Å²) in [4.78, 5) is 23.9. The van der Waals surface area contributed by atoms with Crippen molar-refractivity contribution in [3.8, 4) is 0 Å². The van der Waals surface area contributed by atoms with Crippen LogP contribution in [-0.2, 0) is 6.18 Å². The molecule has 1 fully saturated rings. The number of nitrogens with zero attached hydrogens (tertiary/aromatic N) is 4. The van der Waals surface area contributed by atoms with Crippen molar-refractivity contribution >= 4 is 35.1 Å². The molecule has 0 radical (unpaired) electrons. The van der Waals surface area contributed by atoms with E-state index in [1.165, 1.54) is 12.1 Å². The zero-order chi connectivity index (χ0) is 23.6. The zero-order valence-electron chi connectivity index (χ0n) is 18.1. The fourth-order valence-electron chi connectivity index (χ4n) is 4.08. The molecular formula is C21H26ClF3N6O. The van der Waals surface area contributed by atoms with E-state index in [1.54, 1.807) is 6.20 Å². The minimum absolute atomic E-state index is 0.0204. The first-order valence-corrected chi connectivity index (χ1v) is 10.6. The van der Waals surface area contributed by atoms with Gasteiger partial charge in [-0.25, -0.2) is 9.78 Å². The number of amides is 2. The fourth-order valence-corrected chi connectivity index (χ4v) is 4.34. The van der Waals surface area contributed by atoms with Gasteiger partial charge >= 0.3 is 12.2 Å². The van der Waals surface area contributed by atoms with E-state index in [0.717, 1.165) is 22.3 Å². The second-order valence-corrected chi connectivity index (χ2v) is 8.49. The topological polar surface area (TPSA) is 87.4 Å². The molecule has 1 heterocycles. The quantitative estimate of drug-likeness (QED) is 0.653. The molecule has 1 aromatic heterocycles. The highest BCUT2D eigenvalue weighted by atomic mass is 35.5. The first-order valence-electron chi connectivity index (χ1n) is 10.2. The lowest BCUT2D eigenvalue weighted by atomic mass is 9.89. The first-order chi connectivity index (χ1) is 15.0. The molecule has 0 atom stereocenters. The number of para-hydroxylation sites is 1. The number of carbonyl (C=O) groups excluding carboxylic acids is 1. The van der Waals surface area contributed by atoms with Crippen LogP contribution in [0.3, 0.4) is 0 Å². The average Bonchev–Trinajstić information content (AvgIpc) is 2.71. The molecule has 0 bridgehead atoms. The van der Waals surface area contributed by atoms with Crippen molar-refractivity contribution in [1.82, 2.24) is 9.97 Å². The lowest BCUT2D eigenvalue weighted by molar-refractivity contribution is -0.137. The number of alkyl halides is 3. The lowest BCUT2D eigenvalue weighted by Gasteiger charge is -2.37. The molecule has 0 spiro atoms. The van der Waals surface area contributed by atoms with Crippen molar-refractivity contribution in [2.45, 2.75) is 50.9 Å². The van der Waals surface area contributed by atoms with Gasteiger partial charge < -0.3 is 16.0 Å². The predicted octanol–water partition coefficient (Wildman–Crippen LogP) is 4.83. The second kappa shape index (κ2) is 9.40. The smallest absolute Gasteiger partial charge is 0.362 e. The van der Waals surface area contributed by atoms with Crippen LogP contribution in [-0.4, -0.2) is 42.2 Å². The molecular weight excluding hydrogens is 445 g/mol. The molecule has 2 amide bonds. The number of benzene rings is 1. The minimum Gasteiger partial charge on any atom is -0.362 e. The molecule has 174 valence electrons. The van der Waals surface area contributed by atoms with E-state index in [4.69, 9.17) is 17.3 Å². The Kier molecular flexibility index (Phi) is 7.02. The van der Waals surface area contributed by atoms with Gasteiger partial charge in [0.05, 0.1) is 16.3 Å². The Balaban J connectivity index is 1.77. The summed E-state index contributed by atoms with van der Waals surface area (Å²) in [6.07, 6.45) is -0.810. The summed E-state index contributed by atoms with van der Waals surface area (Å²) in [6, 6.07) is 2.00. The summed E-state index contributed by atoms with van der Waals surface area (Å²) in [5.41, 5.74) is 5.10. The third-order valence-electron chi connectivity index (χ3n) is 5.53. The Morgan fingerprint density at radius 1 is 1.22 bits per heavy atom. The number of rotatable bonds is 5. The number of hydrogen-bond acceptors (Lipinski definition) is 5. The van der Waals surface area contributed by atoms with E-state index < -0.39 is 23.8 Å². The van der Waals surface area contributed by atoms with Crippen molar-refractivity contribution in [2.75, 3.05) is 29.2 Å². The standard InChI is InChI=1S/C21H26ClF3N6O/c1-12-11-27-20(29-18(12)30(2)3)28-13-7-9-14(10-8-13)31(19(26)32)17-15(21(23,24)25)5-4-6-16(17)22/h4-6,11,13-14H,7-10H2,1-3H3,(H2,26,32)(H,27,28,29). The molecule has 3 N–H and O–H groups in total. The molecule has 0 unspecified atom stereocenters. The Bertz CT molecular complexity index is 976. The number of aryl methyl sites for hydroxylation is 1. The lowest BCUT2D eigenvalue weighted by Crippen LogP contribution is -2.47. The fraction of sp³-hybridized carbons (Fsp3) is 0.476. The molecule has 11 heteroatoms. The number of primary amides is 1. The summed E-state index contributed by atoms with van der Waals surface area (Å²) >= 11 is 6.10. The van der Waals surface area contributed by atoms with Crippen molar-refractivity contribution in [2.24, 2.45) is 5.73 Å². The van der Waals surface area contributed by atoms with Gasteiger partial charge in [-0.05, 0) is 44.7 Å². The number of carbonyl (C=O) groups is 1. The number of nitrogens with one attached hydrogen (secondary N) is 1. The van der Waals surface area contributed by atoms with Crippen molar-refractivity contribution in [1.29, 1.82) is 0 Å². The number of halogens is 4. The third-order valence-corrected chi connectivity index (χ3v) is 5.84. The van der Waals surface area contributed by atoms with Gasteiger partial charge in [0.1, 0.15) is 5.82 Å². The summed E-state index contributed by atoms with van der Waals surface area (Å²) < 4.78 is 40.7. The Labute approximate surface area is 189 Å². The number of aromatic nitrogens is 2. The molecule has 1 aromatic carbocycles. The Morgan fingerprint density at radius 2 is 1.88 bits per heavy atom. The number of anilines is 3. The molecule has 7 nitrogen and oxygen atoms in total. The van der Waals surface area contributed by atoms with Gasteiger partial charge in [0.2, 0.25) is 5.95 Å². The molecule has 1 aliphatic rings. The van der Waals surface area contributed by atoms with Crippen molar-refractivity contribution in [3.05, 3.63) is 40.5 Å². The molecule has 1 saturated carbocycles. The molecule has 0 aliphatic heterocycles. The minimum atomic E-state index is -4.67. The van der Waals surface area contributed by atoms with Crippen LogP contribution in [0.2, 0.25) is 5.02 Å². The average molecular weight is 471 g/mol. The van der Waals surface area contributed by atoms with Crippen molar-refractivity contribution in [3.63, 3.8) is 0 Å². The Hall–Kier alpha value is -2.75. The summed E-state index contributed by atoms with van der Waals surface area (Å²) in [7, 11) is 3.79.